The van der Waals surface area contributed by atoms with Gasteiger partial charge in [0.15, 0.2) is 0 Å². The van der Waals surface area contributed by atoms with Gasteiger partial charge >= 0.3 is 0 Å². The molecule has 1 atom stereocenters. The second-order valence-corrected chi connectivity index (χ2v) is 8.15. The third-order valence-corrected chi connectivity index (χ3v) is 4.72. The molecule has 5 heteroatoms. The van der Waals surface area contributed by atoms with Crippen LogP contribution in [0.4, 0.5) is 0 Å². The van der Waals surface area contributed by atoms with Crippen molar-refractivity contribution in [1.29, 1.82) is 0 Å². The lowest BCUT2D eigenvalue weighted by atomic mass is 9.96. The number of nitrogens with one attached hydrogen (secondary N) is 2. The molecule has 26 heavy (non-hydrogen) atoms. The zero-order valence-corrected chi connectivity index (χ0v) is 16.4. The molecule has 0 aliphatic carbocycles. The summed E-state index contributed by atoms with van der Waals surface area (Å²) in [5, 5.41) is 6.08. The molecule has 0 spiro atoms. The van der Waals surface area contributed by atoms with Crippen LogP contribution in [0.1, 0.15) is 58.1 Å². The summed E-state index contributed by atoms with van der Waals surface area (Å²) < 4.78 is 0. The van der Waals surface area contributed by atoms with Gasteiger partial charge in [-0.15, -0.1) is 0 Å². The van der Waals surface area contributed by atoms with Gasteiger partial charge in [0.1, 0.15) is 0 Å². The number of rotatable bonds is 8. The standard InChI is InChI=1S/C21H33N3O2/c1-21(2,3)20(26)22-13-9-12-19(25)23-18(16-24-14-7-8-15-24)17-10-5-4-6-11-17/h4-6,10-11,18H,7-9,12-16H2,1-3H3,(H,22,26)(H,23,25). The van der Waals surface area contributed by atoms with E-state index in [1.54, 1.807) is 0 Å². The van der Waals surface area contributed by atoms with Crippen molar-refractivity contribution in [3.05, 3.63) is 35.9 Å². The van der Waals surface area contributed by atoms with Gasteiger partial charge in [-0.05, 0) is 37.9 Å². The Hall–Kier alpha value is -1.88. The summed E-state index contributed by atoms with van der Waals surface area (Å²) in [6, 6.07) is 10.2. The first-order valence-corrected chi connectivity index (χ1v) is 9.71. The summed E-state index contributed by atoms with van der Waals surface area (Å²) in [7, 11) is 0. The van der Waals surface area contributed by atoms with Crippen LogP contribution in [0.3, 0.4) is 0 Å². The summed E-state index contributed by atoms with van der Waals surface area (Å²) in [5.74, 6) is 0.0668. The highest BCUT2D eigenvalue weighted by molar-refractivity contribution is 5.81. The van der Waals surface area contributed by atoms with Crippen LogP contribution in [0.5, 0.6) is 0 Å². The molecule has 1 heterocycles. The molecular weight excluding hydrogens is 326 g/mol. The fourth-order valence-corrected chi connectivity index (χ4v) is 3.13. The highest BCUT2D eigenvalue weighted by Crippen LogP contribution is 2.18. The van der Waals surface area contributed by atoms with E-state index >= 15 is 0 Å². The van der Waals surface area contributed by atoms with Crippen LogP contribution in [0.15, 0.2) is 30.3 Å². The van der Waals surface area contributed by atoms with Crippen molar-refractivity contribution in [2.75, 3.05) is 26.2 Å². The molecule has 1 aliphatic heterocycles. The minimum absolute atomic E-state index is 0.0194. The zero-order valence-electron chi connectivity index (χ0n) is 16.4. The van der Waals surface area contributed by atoms with Crippen molar-refractivity contribution in [3.63, 3.8) is 0 Å². The smallest absolute Gasteiger partial charge is 0.225 e. The van der Waals surface area contributed by atoms with E-state index in [1.807, 2.05) is 39.0 Å². The van der Waals surface area contributed by atoms with Crippen molar-refractivity contribution in [1.82, 2.24) is 15.5 Å². The van der Waals surface area contributed by atoms with Gasteiger partial charge in [0, 0.05) is 24.9 Å². The molecule has 5 nitrogen and oxygen atoms in total. The first kappa shape index (κ1) is 20.4. The Morgan fingerprint density at radius 2 is 1.77 bits per heavy atom. The summed E-state index contributed by atoms with van der Waals surface area (Å²) in [6.07, 6.45) is 3.55. The van der Waals surface area contributed by atoms with Gasteiger partial charge in [-0.2, -0.15) is 0 Å². The van der Waals surface area contributed by atoms with E-state index in [4.69, 9.17) is 0 Å². The molecule has 1 aromatic rings. The van der Waals surface area contributed by atoms with Gasteiger partial charge in [-0.25, -0.2) is 0 Å². The van der Waals surface area contributed by atoms with Gasteiger partial charge in [0.2, 0.25) is 11.8 Å². The Kier molecular flexibility index (Phi) is 7.64. The molecule has 2 N–H and O–H groups in total. The Morgan fingerprint density at radius 3 is 2.38 bits per heavy atom. The second kappa shape index (κ2) is 9.72. The lowest BCUT2D eigenvalue weighted by Gasteiger charge is -2.25. The Labute approximate surface area is 157 Å². The monoisotopic (exact) mass is 359 g/mol. The molecule has 2 rings (SSSR count). The molecule has 1 unspecified atom stereocenters. The van der Waals surface area contributed by atoms with Gasteiger partial charge < -0.3 is 15.5 Å². The molecular formula is C21H33N3O2. The molecule has 1 fully saturated rings. The van der Waals surface area contributed by atoms with E-state index in [1.165, 1.54) is 12.8 Å². The van der Waals surface area contributed by atoms with E-state index in [0.717, 1.165) is 25.2 Å². The summed E-state index contributed by atoms with van der Waals surface area (Å²) in [4.78, 5) is 26.7. The van der Waals surface area contributed by atoms with E-state index in [2.05, 4.69) is 27.7 Å². The van der Waals surface area contributed by atoms with Crippen LogP contribution < -0.4 is 10.6 Å². The zero-order chi connectivity index (χ0) is 19.0. The summed E-state index contributed by atoms with van der Waals surface area (Å²) >= 11 is 0. The Bertz CT molecular complexity index is 575. The normalized spacial score (nSPS) is 16.3. The molecule has 1 saturated heterocycles. The van der Waals surface area contributed by atoms with Crippen LogP contribution in [0.25, 0.3) is 0 Å². The average Bonchev–Trinajstić information content (AvgIpc) is 3.11. The van der Waals surface area contributed by atoms with E-state index in [-0.39, 0.29) is 17.9 Å². The number of amides is 2. The quantitative estimate of drug-likeness (QED) is 0.702. The highest BCUT2D eigenvalue weighted by atomic mass is 16.2. The molecule has 1 aliphatic rings. The van der Waals surface area contributed by atoms with E-state index < -0.39 is 5.41 Å². The minimum atomic E-state index is -0.392. The third kappa shape index (κ3) is 6.79. The van der Waals surface area contributed by atoms with Crippen molar-refractivity contribution in [2.24, 2.45) is 5.41 Å². The van der Waals surface area contributed by atoms with Crippen LogP contribution in [0.2, 0.25) is 0 Å². The third-order valence-electron chi connectivity index (χ3n) is 4.72. The lowest BCUT2D eigenvalue weighted by Crippen LogP contribution is -2.38. The number of carbonyl (C=O) groups is 2. The maximum Gasteiger partial charge on any atom is 0.225 e. The fraction of sp³-hybridized carbons (Fsp3) is 0.619. The lowest BCUT2D eigenvalue weighted by molar-refractivity contribution is -0.128. The van der Waals surface area contributed by atoms with Crippen LogP contribution in [-0.4, -0.2) is 42.9 Å². The van der Waals surface area contributed by atoms with Gasteiger partial charge in [0.05, 0.1) is 6.04 Å². The van der Waals surface area contributed by atoms with Crippen molar-refractivity contribution >= 4 is 11.8 Å². The Morgan fingerprint density at radius 1 is 1.12 bits per heavy atom. The van der Waals surface area contributed by atoms with Crippen molar-refractivity contribution in [3.8, 4) is 0 Å². The largest absolute Gasteiger partial charge is 0.356 e. The topological polar surface area (TPSA) is 61.4 Å². The van der Waals surface area contributed by atoms with E-state index in [0.29, 0.717) is 19.4 Å². The number of hydrogen-bond donors (Lipinski definition) is 2. The maximum atomic E-state index is 12.4. The molecule has 0 radical (unpaired) electrons. The van der Waals surface area contributed by atoms with Crippen LogP contribution in [-0.2, 0) is 9.59 Å². The fourth-order valence-electron chi connectivity index (χ4n) is 3.13. The molecule has 0 aromatic heterocycles. The SMILES string of the molecule is CC(C)(C)C(=O)NCCCC(=O)NC(CN1CCCC1)c1ccccc1. The van der Waals surface area contributed by atoms with Crippen molar-refractivity contribution < 1.29 is 9.59 Å². The summed E-state index contributed by atoms with van der Waals surface area (Å²) in [5.41, 5.74) is 0.755. The van der Waals surface area contributed by atoms with E-state index in [9.17, 15) is 9.59 Å². The van der Waals surface area contributed by atoms with Gasteiger partial charge in [-0.3, -0.25) is 9.59 Å². The highest BCUT2D eigenvalue weighted by Gasteiger charge is 2.22. The van der Waals surface area contributed by atoms with Gasteiger partial charge in [-0.1, -0.05) is 51.1 Å². The number of likely N-dealkylation sites (tertiary alicyclic amines) is 1. The van der Waals surface area contributed by atoms with Crippen molar-refractivity contribution in [2.45, 2.75) is 52.5 Å². The number of benzene rings is 1. The maximum absolute atomic E-state index is 12.4. The molecule has 144 valence electrons. The van der Waals surface area contributed by atoms with Crippen LogP contribution in [0, 0.1) is 5.41 Å². The molecule has 0 saturated carbocycles. The van der Waals surface area contributed by atoms with Crippen LogP contribution >= 0.6 is 0 Å². The minimum Gasteiger partial charge on any atom is -0.356 e. The Balaban J connectivity index is 1.81. The number of nitrogens with zero attached hydrogens (tertiary/aromatic N) is 1. The predicted octanol–water partition coefficient (Wildman–Crippen LogP) is 2.88. The molecule has 0 bridgehead atoms. The average molecular weight is 360 g/mol. The molecule has 1 aromatic carbocycles. The predicted molar refractivity (Wildman–Crippen MR) is 105 cm³/mol. The number of carbonyl (C=O) groups excluding carboxylic acids is 2. The first-order chi connectivity index (χ1) is 12.4. The first-order valence-electron chi connectivity index (χ1n) is 9.71. The number of hydrogen-bond acceptors (Lipinski definition) is 3. The second-order valence-electron chi connectivity index (χ2n) is 8.15. The van der Waals surface area contributed by atoms with Gasteiger partial charge in [0.25, 0.3) is 0 Å². The summed E-state index contributed by atoms with van der Waals surface area (Å²) in [6.45, 7) is 9.27. The molecule has 2 amide bonds.